The molecule has 9 nitrogen and oxygen atoms in total. The highest BCUT2D eigenvalue weighted by Crippen LogP contribution is 2.20. The number of hydrogen-bond acceptors (Lipinski definition) is 8. The first-order valence-electron chi connectivity index (χ1n) is 8.83. The van der Waals surface area contributed by atoms with Crippen LogP contribution in [-0.2, 0) is 9.73 Å². The van der Waals surface area contributed by atoms with E-state index >= 15 is 0 Å². The Morgan fingerprint density at radius 2 is 2.39 bits per heavy atom. The van der Waals surface area contributed by atoms with Gasteiger partial charge in [-0.05, 0) is 70.4 Å². The predicted octanol–water partition coefficient (Wildman–Crippen LogP) is 3.02. The Morgan fingerprint density at radius 3 is 3.18 bits per heavy atom. The molecule has 11 heteroatoms. The first kappa shape index (κ1) is 20.2. The van der Waals surface area contributed by atoms with Crippen molar-refractivity contribution in [3.63, 3.8) is 0 Å². The van der Waals surface area contributed by atoms with Crippen molar-refractivity contribution in [2.24, 2.45) is 11.1 Å². The first-order valence-corrected chi connectivity index (χ1v) is 9.62. The summed E-state index contributed by atoms with van der Waals surface area (Å²) < 4.78 is 18.2. The second kappa shape index (κ2) is 9.60. The number of carbonyl (C=O) groups excluding carboxylic acids is 1. The van der Waals surface area contributed by atoms with Crippen molar-refractivity contribution in [1.29, 1.82) is 0 Å². The smallest absolute Gasteiger partial charge is 0.230 e. The molecule has 1 saturated heterocycles. The number of nitrogens with zero attached hydrogens (tertiary/aromatic N) is 4. The number of oxime groups is 1. The van der Waals surface area contributed by atoms with E-state index in [1.807, 2.05) is 0 Å². The van der Waals surface area contributed by atoms with E-state index in [0.29, 0.717) is 10.2 Å². The molecule has 150 valence electrons. The Hall–Kier alpha value is -2.53. The monoisotopic (exact) mass is 454 g/mol. The number of piperidine rings is 1. The van der Waals surface area contributed by atoms with E-state index in [9.17, 15) is 9.18 Å². The fourth-order valence-electron chi connectivity index (χ4n) is 2.86. The number of amides is 1. The van der Waals surface area contributed by atoms with E-state index in [0.717, 1.165) is 32.5 Å². The van der Waals surface area contributed by atoms with Gasteiger partial charge < -0.3 is 10.2 Å². The predicted molar refractivity (Wildman–Crippen MR) is 104 cm³/mol. The number of likely N-dealkylation sites (tertiary alicyclic amines) is 1. The molecule has 1 aliphatic heterocycles. The maximum Gasteiger partial charge on any atom is 0.230 e. The normalized spacial score (nSPS) is 17.6. The van der Waals surface area contributed by atoms with Crippen molar-refractivity contribution in [2.45, 2.75) is 19.8 Å². The molecule has 1 aromatic heterocycles. The largest absolute Gasteiger partial charge is 0.306 e. The molecular weight excluding hydrogens is 435 g/mol. The van der Waals surface area contributed by atoms with Gasteiger partial charge in [-0.3, -0.25) is 9.73 Å². The van der Waals surface area contributed by atoms with Crippen LogP contribution in [0.25, 0.3) is 0 Å². The van der Waals surface area contributed by atoms with E-state index in [1.54, 1.807) is 0 Å². The zero-order chi connectivity index (χ0) is 19.9. The van der Waals surface area contributed by atoms with Crippen molar-refractivity contribution in [1.82, 2.24) is 15.2 Å². The van der Waals surface area contributed by atoms with Crippen LogP contribution in [0.1, 0.15) is 25.5 Å². The van der Waals surface area contributed by atoms with Crippen molar-refractivity contribution < 1.29 is 18.8 Å². The van der Waals surface area contributed by atoms with Gasteiger partial charge in [0.1, 0.15) is 12.0 Å². The number of rotatable bonds is 7. The second-order valence-corrected chi connectivity index (χ2v) is 7.13. The summed E-state index contributed by atoms with van der Waals surface area (Å²) in [5.74, 6) is -0.442. The zero-order valence-corrected chi connectivity index (χ0v) is 16.8. The highest BCUT2D eigenvalue weighted by Gasteiger charge is 2.26. The highest BCUT2D eigenvalue weighted by molar-refractivity contribution is 9.10. The lowest BCUT2D eigenvalue weighted by atomic mass is 9.97. The molecule has 0 radical (unpaired) electrons. The third-order valence-corrected chi connectivity index (χ3v) is 5.00. The maximum absolute atomic E-state index is 13.2. The fourth-order valence-corrected chi connectivity index (χ4v) is 3.24. The minimum atomic E-state index is -0.386. The van der Waals surface area contributed by atoms with Crippen molar-refractivity contribution in [3.05, 3.63) is 34.2 Å². The lowest BCUT2D eigenvalue weighted by Gasteiger charge is -2.30. The summed E-state index contributed by atoms with van der Waals surface area (Å²) in [5.41, 5.74) is 3.25. The minimum Gasteiger partial charge on any atom is -0.306 e. The number of nitrogens with one attached hydrogen (secondary N) is 2. The summed E-state index contributed by atoms with van der Waals surface area (Å²) in [5, 5.41) is 13.8. The molecular formula is C17H20BrFN6O3. The standard InChI is InChI=1S/C17H20BrFN6O3/c1-2-25-7-3-4-11(10-25)17(26)21-16-15(23-28-24-16)9-20-27-22-12-5-6-14(19)13(18)8-12/h5-6,8-9,11,22H,2-4,7,10H2,1H3,(H,21,24,26)/b20-9+. The van der Waals surface area contributed by atoms with E-state index in [1.165, 1.54) is 24.4 Å². The average Bonchev–Trinajstić information content (AvgIpc) is 3.14. The zero-order valence-electron chi connectivity index (χ0n) is 15.2. The van der Waals surface area contributed by atoms with Gasteiger partial charge in [0.15, 0.2) is 5.69 Å². The van der Waals surface area contributed by atoms with Crippen LogP contribution in [0.3, 0.4) is 0 Å². The molecule has 0 bridgehead atoms. The van der Waals surface area contributed by atoms with Crippen LogP contribution in [-0.4, -0.2) is 47.0 Å². The SMILES string of the molecule is CCN1CCCC(C(=O)Nc2nonc2/C=N/ONc2ccc(F)c(Br)c2)C1. The Kier molecular flexibility index (Phi) is 6.93. The van der Waals surface area contributed by atoms with E-state index in [2.05, 4.69) is 58.6 Å². The van der Waals surface area contributed by atoms with Crippen LogP contribution in [0.2, 0.25) is 0 Å². The molecule has 0 saturated carbocycles. The number of halogens is 2. The molecule has 0 spiro atoms. The summed E-state index contributed by atoms with van der Waals surface area (Å²) in [6, 6.07) is 4.26. The van der Waals surface area contributed by atoms with Crippen molar-refractivity contribution in [2.75, 3.05) is 30.4 Å². The number of hydrogen-bond donors (Lipinski definition) is 2. The molecule has 0 aliphatic carbocycles. The van der Waals surface area contributed by atoms with E-state index < -0.39 is 0 Å². The molecule has 1 aromatic carbocycles. The van der Waals surface area contributed by atoms with E-state index in [-0.39, 0.29) is 29.2 Å². The number of benzene rings is 1. The Labute approximate surface area is 169 Å². The van der Waals surface area contributed by atoms with Crippen LogP contribution in [0.15, 0.2) is 32.5 Å². The molecule has 1 amide bonds. The van der Waals surface area contributed by atoms with Gasteiger partial charge in [-0.15, -0.1) is 0 Å². The van der Waals surface area contributed by atoms with Gasteiger partial charge in [-0.25, -0.2) is 9.02 Å². The van der Waals surface area contributed by atoms with Gasteiger partial charge in [0.25, 0.3) is 0 Å². The summed E-state index contributed by atoms with van der Waals surface area (Å²) in [4.78, 5) is 19.7. The van der Waals surface area contributed by atoms with Gasteiger partial charge in [0.2, 0.25) is 11.7 Å². The van der Waals surface area contributed by atoms with Crippen LogP contribution in [0.4, 0.5) is 15.9 Å². The Balaban J connectivity index is 1.53. The molecule has 2 aromatic rings. The van der Waals surface area contributed by atoms with Crippen LogP contribution >= 0.6 is 15.9 Å². The van der Waals surface area contributed by atoms with E-state index in [4.69, 9.17) is 4.94 Å². The molecule has 1 unspecified atom stereocenters. The number of carbonyl (C=O) groups is 1. The van der Waals surface area contributed by atoms with Crippen LogP contribution in [0.5, 0.6) is 0 Å². The molecule has 2 N–H and O–H groups in total. The molecule has 1 atom stereocenters. The summed E-state index contributed by atoms with van der Waals surface area (Å²) >= 11 is 3.08. The third kappa shape index (κ3) is 5.26. The average molecular weight is 455 g/mol. The molecule has 28 heavy (non-hydrogen) atoms. The van der Waals surface area contributed by atoms with Gasteiger partial charge in [-0.1, -0.05) is 12.1 Å². The summed E-state index contributed by atoms with van der Waals surface area (Å²) in [7, 11) is 0. The maximum atomic E-state index is 13.2. The Morgan fingerprint density at radius 1 is 1.54 bits per heavy atom. The fraction of sp³-hybridized carbons (Fsp3) is 0.412. The lowest BCUT2D eigenvalue weighted by molar-refractivity contribution is -0.121. The van der Waals surface area contributed by atoms with Crippen molar-refractivity contribution >= 4 is 39.6 Å². The van der Waals surface area contributed by atoms with Gasteiger partial charge in [0, 0.05) is 6.54 Å². The van der Waals surface area contributed by atoms with Crippen LogP contribution in [0, 0.1) is 11.7 Å². The lowest BCUT2D eigenvalue weighted by Crippen LogP contribution is -2.40. The van der Waals surface area contributed by atoms with Gasteiger partial charge in [0.05, 0.1) is 16.1 Å². The molecule has 3 rings (SSSR count). The summed E-state index contributed by atoms with van der Waals surface area (Å²) in [6.45, 7) is 4.73. The second-order valence-electron chi connectivity index (χ2n) is 6.28. The highest BCUT2D eigenvalue weighted by atomic mass is 79.9. The quantitative estimate of drug-likeness (QED) is 0.489. The molecule has 2 heterocycles. The third-order valence-electron chi connectivity index (χ3n) is 4.39. The minimum absolute atomic E-state index is 0.106. The topological polar surface area (TPSA) is 105 Å². The van der Waals surface area contributed by atoms with Gasteiger partial charge >= 0.3 is 0 Å². The van der Waals surface area contributed by atoms with Gasteiger partial charge in [-0.2, -0.15) is 5.48 Å². The van der Waals surface area contributed by atoms with Crippen LogP contribution < -0.4 is 10.8 Å². The van der Waals surface area contributed by atoms with Crippen molar-refractivity contribution in [3.8, 4) is 0 Å². The first-order chi connectivity index (χ1) is 13.6. The molecule has 1 fully saturated rings. The number of anilines is 2. The molecule has 1 aliphatic rings. The Bertz CT molecular complexity index is 846. The number of aromatic nitrogens is 2. The summed E-state index contributed by atoms with van der Waals surface area (Å²) in [6.07, 6.45) is 3.06.